The van der Waals surface area contributed by atoms with E-state index in [0.29, 0.717) is 12.3 Å². The van der Waals surface area contributed by atoms with E-state index in [1.54, 1.807) is 18.8 Å². The van der Waals surface area contributed by atoms with E-state index < -0.39 is 0 Å². The summed E-state index contributed by atoms with van der Waals surface area (Å²) in [5, 5.41) is 2.55. The molecule has 0 aromatic rings. The molecule has 3 nitrogen and oxygen atoms in total. The van der Waals surface area contributed by atoms with Crippen molar-refractivity contribution in [1.82, 2.24) is 5.32 Å². The van der Waals surface area contributed by atoms with Crippen LogP contribution in [-0.4, -0.2) is 31.0 Å². The van der Waals surface area contributed by atoms with Crippen LogP contribution in [0.4, 0.5) is 0 Å². The number of thioether (sulfide) groups is 1. The molecular formula is C6H16N2OS. The van der Waals surface area contributed by atoms with Crippen molar-refractivity contribution < 1.29 is 6.22 Å². The predicted octanol–water partition coefficient (Wildman–Crippen LogP) is 0.0604. The number of rotatable bonds is 5. The molecule has 4 heteroatoms. The van der Waals surface area contributed by atoms with Crippen molar-refractivity contribution in [3.05, 3.63) is 0 Å². The molecule has 0 aromatic carbocycles. The van der Waals surface area contributed by atoms with Crippen molar-refractivity contribution in [1.29, 1.82) is 0 Å². The molecule has 0 fully saturated rings. The van der Waals surface area contributed by atoms with Gasteiger partial charge >= 0.3 is 0 Å². The summed E-state index contributed by atoms with van der Waals surface area (Å²) in [6, 6.07) is 0. The second-order valence-corrected chi connectivity index (χ2v) is 2.97. The third-order valence-corrected chi connectivity index (χ3v) is 2.05. The number of carbonyl (C=O) groups excluding carboxylic acids is 1. The Hall–Kier alpha value is -0.220. The van der Waals surface area contributed by atoms with E-state index in [2.05, 4.69) is 5.32 Å². The summed E-state index contributed by atoms with van der Waals surface area (Å²) < 4.78 is 0. The highest BCUT2D eigenvalue weighted by Gasteiger charge is 1.95. The van der Waals surface area contributed by atoms with Gasteiger partial charge < -0.3 is 11.1 Å². The number of carbonyl (C=O) groups is 1. The summed E-state index contributed by atoms with van der Waals surface area (Å²) >= 11 is 1.62. The molecule has 0 aliphatic heterocycles. The van der Waals surface area contributed by atoms with E-state index in [9.17, 15) is 4.79 Å². The first-order valence-corrected chi connectivity index (χ1v) is 4.45. The summed E-state index contributed by atoms with van der Waals surface area (Å²) in [5.41, 5.74) is 5.26. The van der Waals surface area contributed by atoms with Gasteiger partial charge in [0, 0.05) is 8.47 Å². The zero-order valence-corrected chi connectivity index (χ0v) is 7.04. The molecule has 0 aliphatic rings. The maximum atomic E-state index is 10.6. The molecule has 0 unspecified atom stereocenters. The first kappa shape index (κ1) is 9.78. The third kappa shape index (κ3) is 5.91. The fourth-order valence-corrected chi connectivity index (χ4v) is 1.27. The highest BCUT2D eigenvalue weighted by Crippen LogP contribution is 1.99. The highest BCUT2D eigenvalue weighted by atomic mass is 32.2. The molecule has 0 saturated carbocycles. The lowest BCUT2D eigenvalue weighted by molar-refractivity contribution is -0.118. The van der Waals surface area contributed by atoms with Crippen molar-refractivity contribution in [2.45, 2.75) is 6.42 Å². The molecule has 0 aromatic heterocycles. The molecule has 10 heavy (non-hydrogen) atoms. The quantitative estimate of drug-likeness (QED) is 0.565. The lowest BCUT2D eigenvalue weighted by Crippen LogP contribution is -2.20. The van der Waals surface area contributed by atoms with Crippen molar-refractivity contribution in [3.63, 3.8) is 0 Å². The van der Waals surface area contributed by atoms with Crippen molar-refractivity contribution in [2.75, 3.05) is 25.1 Å². The largest absolute Gasteiger partial charge is 0.358 e. The fraction of sp³-hybridized carbons (Fsp3) is 0.833. The van der Waals surface area contributed by atoms with Crippen LogP contribution in [-0.2, 0) is 4.79 Å². The van der Waals surface area contributed by atoms with Gasteiger partial charge in [0.1, 0.15) is 0 Å². The summed E-state index contributed by atoms with van der Waals surface area (Å²) in [7, 11) is 1.64. The minimum atomic E-state index is 0. The molecule has 0 atom stereocenters. The number of amides is 1. The van der Waals surface area contributed by atoms with Gasteiger partial charge in [-0.15, -0.1) is 0 Å². The molecule has 0 heterocycles. The second-order valence-electron chi connectivity index (χ2n) is 1.87. The average molecular weight is 164 g/mol. The minimum absolute atomic E-state index is 0. The summed E-state index contributed by atoms with van der Waals surface area (Å²) in [6.07, 6.45) is 0.988. The van der Waals surface area contributed by atoms with Crippen molar-refractivity contribution in [3.8, 4) is 0 Å². The van der Waals surface area contributed by atoms with Gasteiger partial charge in [-0.25, -0.2) is 0 Å². The van der Waals surface area contributed by atoms with E-state index >= 15 is 0 Å². The molecule has 1 amide bonds. The SMILES string of the molecule is CNC(=O)CSCCCN.[HH]. The van der Waals surface area contributed by atoms with Crippen molar-refractivity contribution >= 4 is 17.7 Å². The van der Waals surface area contributed by atoms with Gasteiger partial charge in [0.15, 0.2) is 0 Å². The maximum absolute atomic E-state index is 10.6. The van der Waals surface area contributed by atoms with Gasteiger partial charge in [-0.3, -0.25) is 4.79 Å². The Kier molecular flexibility index (Phi) is 6.74. The monoisotopic (exact) mass is 164 g/mol. The summed E-state index contributed by atoms with van der Waals surface area (Å²) in [5.74, 6) is 1.61. The van der Waals surface area contributed by atoms with Gasteiger partial charge in [-0.2, -0.15) is 11.8 Å². The lowest BCUT2D eigenvalue weighted by Gasteiger charge is -1.97. The number of hydrogen-bond donors (Lipinski definition) is 2. The van der Waals surface area contributed by atoms with Gasteiger partial charge in [0.25, 0.3) is 0 Å². The van der Waals surface area contributed by atoms with Crippen LogP contribution in [0.25, 0.3) is 0 Å². The fourth-order valence-electron chi connectivity index (χ4n) is 0.422. The lowest BCUT2D eigenvalue weighted by atomic mass is 10.5. The van der Waals surface area contributed by atoms with Crippen LogP contribution in [0.1, 0.15) is 7.85 Å². The van der Waals surface area contributed by atoms with E-state index in [1.807, 2.05) is 0 Å². The van der Waals surface area contributed by atoms with Crippen LogP contribution in [0.2, 0.25) is 0 Å². The number of nitrogens with two attached hydrogens (primary N) is 1. The molecule has 3 N–H and O–H groups in total. The van der Waals surface area contributed by atoms with Gasteiger partial charge in [0.2, 0.25) is 5.91 Å². The molecule has 0 saturated heterocycles. The summed E-state index contributed by atoms with van der Waals surface area (Å²) in [4.78, 5) is 10.6. The third-order valence-electron chi connectivity index (χ3n) is 1.00. The predicted molar refractivity (Wildman–Crippen MR) is 47.2 cm³/mol. The summed E-state index contributed by atoms with van der Waals surface area (Å²) in [6.45, 7) is 0.709. The smallest absolute Gasteiger partial charge is 0.229 e. The van der Waals surface area contributed by atoms with E-state index in [4.69, 9.17) is 5.73 Å². The van der Waals surface area contributed by atoms with E-state index in [1.165, 1.54) is 0 Å². The number of nitrogens with one attached hydrogen (secondary N) is 1. The molecule has 0 spiro atoms. The Labute approximate surface area is 67.2 Å². The van der Waals surface area contributed by atoms with E-state index in [0.717, 1.165) is 12.2 Å². The van der Waals surface area contributed by atoms with Gasteiger partial charge in [0.05, 0.1) is 5.75 Å². The normalized spacial score (nSPS) is 9.40. The first-order chi connectivity index (χ1) is 4.81. The van der Waals surface area contributed by atoms with E-state index in [-0.39, 0.29) is 7.33 Å². The minimum Gasteiger partial charge on any atom is -0.358 e. The standard InChI is InChI=1S/C6H14N2OS.H2/c1-8-6(9)5-10-4-2-3-7;/h2-5,7H2,1H3,(H,8,9);1H. The van der Waals surface area contributed by atoms with Crippen molar-refractivity contribution in [2.24, 2.45) is 5.73 Å². The highest BCUT2D eigenvalue weighted by molar-refractivity contribution is 7.99. The molecule has 62 valence electrons. The Balaban J connectivity index is 0. The van der Waals surface area contributed by atoms with Crippen LogP contribution in [0, 0.1) is 0 Å². The topological polar surface area (TPSA) is 55.1 Å². The molecule has 0 radical (unpaired) electrons. The Morgan fingerprint density at radius 2 is 2.50 bits per heavy atom. The molecule has 0 rings (SSSR count). The van der Waals surface area contributed by atoms with Crippen LogP contribution >= 0.6 is 11.8 Å². The van der Waals surface area contributed by atoms with Crippen LogP contribution in [0.5, 0.6) is 0 Å². The first-order valence-electron chi connectivity index (χ1n) is 3.29. The zero-order chi connectivity index (χ0) is 7.82. The van der Waals surface area contributed by atoms with Gasteiger partial charge in [-0.05, 0) is 18.7 Å². The molecular weight excluding hydrogens is 148 g/mol. The van der Waals surface area contributed by atoms with Crippen LogP contribution in [0.3, 0.4) is 0 Å². The molecule has 0 bridgehead atoms. The van der Waals surface area contributed by atoms with Crippen LogP contribution in [0.15, 0.2) is 0 Å². The average Bonchev–Trinajstić information content (AvgIpc) is 1.98. The Morgan fingerprint density at radius 1 is 1.80 bits per heavy atom. The number of hydrogen-bond acceptors (Lipinski definition) is 3. The Morgan fingerprint density at radius 3 is 3.00 bits per heavy atom. The Bertz CT molecular complexity index is 103. The van der Waals surface area contributed by atoms with Gasteiger partial charge in [-0.1, -0.05) is 0 Å². The molecule has 0 aliphatic carbocycles. The zero-order valence-electron chi connectivity index (χ0n) is 6.22. The second kappa shape index (κ2) is 6.89. The maximum Gasteiger partial charge on any atom is 0.229 e. The van der Waals surface area contributed by atoms with Crippen LogP contribution < -0.4 is 11.1 Å².